The van der Waals surface area contributed by atoms with Gasteiger partial charge >= 0.3 is 18.0 Å². The van der Waals surface area contributed by atoms with E-state index in [0.29, 0.717) is 26.1 Å². The summed E-state index contributed by atoms with van der Waals surface area (Å²) >= 11 is 0. The predicted octanol–water partition coefficient (Wildman–Crippen LogP) is 0.938. The molecule has 0 spiro atoms. The average Bonchev–Trinajstić information content (AvgIpc) is 2.83. The summed E-state index contributed by atoms with van der Waals surface area (Å²) in [6.07, 6.45) is 0.624. The van der Waals surface area contributed by atoms with Crippen LogP contribution >= 0.6 is 0 Å². The van der Waals surface area contributed by atoms with Crippen molar-refractivity contribution < 1.29 is 24.2 Å². The van der Waals surface area contributed by atoms with Gasteiger partial charge in [0.1, 0.15) is 0 Å². The molecule has 1 saturated heterocycles. The largest absolute Gasteiger partial charge is 0.481 e. The number of nitrogens with one attached hydrogen (secondary N) is 1. The first-order valence-electron chi connectivity index (χ1n) is 7.17. The van der Waals surface area contributed by atoms with Gasteiger partial charge in [-0.3, -0.25) is 9.59 Å². The molecule has 1 aliphatic rings. The third-order valence-corrected chi connectivity index (χ3v) is 3.86. The first-order valence-corrected chi connectivity index (χ1v) is 7.17. The first kappa shape index (κ1) is 17.3. The quantitative estimate of drug-likeness (QED) is 0.712. The monoisotopic (exact) mass is 300 g/mol. The van der Waals surface area contributed by atoms with E-state index in [2.05, 4.69) is 5.32 Å². The van der Waals surface area contributed by atoms with Crippen molar-refractivity contribution in [2.24, 2.45) is 17.8 Å². The van der Waals surface area contributed by atoms with Gasteiger partial charge in [0.15, 0.2) is 0 Å². The van der Waals surface area contributed by atoms with E-state index in [9.17, 15) is 14.4 Å². The van der Waals surface area contributed by atoms with Gasteiger partial charge in [0.05, 0.1) is 13.0 Å². The Bertz CT molecular complexity index is 399. The second-order valence-electron chi connectivity index (χ2n) is 5.74. The maximum absolute atomic E-state index is 12.0. The van der Waals surface area contributed by atoms with Crippen LogP contribution in [0.25, 0.3) is 0 Å². The van der Waals surface area contributed by atoms with E-state index in [4.69, 9.17) is 9.84 Å². The number of esters is 1. The lowest BCUT2D eigenvalue weighted by Gasteiger charge is -2.19. The third-order valence-electron chi connectivity index (χ3n) is 3.86. The fraction of sp³-hybridized carbons (Fsp3) is 0.786. The highest BCUT2D eigenvalue weighted by Gasteiger charge is 2.37. The third kappa shape index (κ3) is 5.24. The zero-order chi connectivity index (χ0) is 16.0. The molecular formula is C14H24N2O5. The smallest absolute Gasteiger partial charge is 0.317 e. The number of aliphatic carboxylic acids is 1. The number of ether oxygens (including phenoxy) is 1. The van der Waals surface area contributed by atoms with Crippen LogP contribution in [0.3, 0.4) is 0 Å². The van der Waals surface area contributed by atoms with E-state index in [1.165, 1.54) is 7.11 Å². The molecule has 2 amide bonds. The Morgan fingerprint density at radius 2 is 2.05 bits per heavy atom. The average molecular weight is 300 g/mol. The molecule has 3 unspecified atom stereocenters. The van der Waals surface area contributed by atoms with Crippen molar-refractivity contribution in [2.75, 3.05) is 26.7 Å². The van der Waals surface area contributed by atoms with Crippen molar-refractivity contribution in [2.45, 2.75) is 26.7 Å². The number of carboxylic acids is 1. The summed E-state index contributed by atoms with van der Waals surface area (Å²) in [6, 6.07) is -0.213. The Balaban J connectivity index is 2.36. The van der Waals surface area contributed by atoms with E-state index >= 15 is 0 Å². The number of carboxylic acid groups (broad SMARTS) is 1. The van der Waals surface area contributed by atoms with Gasteiger partial charge in [-0.05, 0) is 18.3 Å². The number of carbonyl (C=O) groups is 3. The molecular weight excluding hydrogens is 276 g/mol. The minimum absolute atomic E-state index is 0.0765. The van der Waals surface area contributed by atoms with E-state index in [-0.39, 0.29) is 36.2 Å². The van der Waals surface area contributed by atoms with Gasteiger partial charge in [-0.25, -0.2) is 4.79 Å². The van der Waals surface area contributed by atoms with E-state index < -0.39 is 5.97 Å². The Hall–Kier alpha value is -1.79. The van der Waals surface area contributed by atoms with Crippen molar-refractivity contribution in [1.82, 2.24) is 10.2 Å². The van der Waals surface area contributed by atoms with Crippen LogP contribution in [-0.4, -0.2) is 54.7 Å². The maximum Gasteiger partial charge on any atom is 0.317 e. The number of urea groups is 1. The van der Waals surface area contributed by atoms with Crippen LogP contribution in [0.5, 0.6) is 0 Å². The zero-order valence-corrected chi connectivity index (χ0v) is 12.8. The van der Waals surface area contributed by atoms with Crippen LogP contribution < -0.4 is 5.32 Å². The molecule has 1 rings (SSSR count). The highest BCUT2D eigenvalue weighted by atomic mass is 16.5. The molecule has 0 saturated carbocycles. The number of methoxy groups -OCH3 is 1. The van der Waals surface area contributed by atoms with Crippen LogP contribution in [0, 0.1) is 17.8 Å². The first-order chi connectivity index (χ1) is 9.85. The Kier molecular flexibility index (Phi) is 6.45. The van der Waals surface area contributed by atoms with E-state index in [1.54, 1.807) is 4.90 Å². The van der Waals surface area contributed by atoms with Crippen LogP contribution in [0.15, 0.2) is 0 Å². The summed E-state index contributed by atoms with van der Waals surface area (Å²) in [5.74, 6) is -1.21. The molecule has 1 aliphatic heterocycles. The lowest BCUT2D eigenvalue weighted by Crippen LogP contribution is -2.40. The SMILES string of the molecule is COC(=O)C1CN(C(=O)NCC(C)CCC(=O)O)CC1C. The fourth-order valence-electron chi connectivity index (χ4n) is 2.44. The number of rotatable bonds is 6. The summed E-state index contributed by atoms with van der Waals surface area (Å²) in [5, 5.41) is 11.4. The topological polar surface area (TPSA) is 95.9 Å². The fourth-order valence-corrected chi connectivity index (χ4v) is 2.44. The zero-order valence-electron chi connectivity index (χ0n) is 12.8. The van der Waals surface area contributed by atoms with Gasteiger partial charge < -0.3 is 20.1 Å². The predicted molar refractivity (Wildman–Crippen MR) is 75.7 cm³/mol. The highest BCUT2D eigenvalue weighted by Crippen LogP contribution is 2.24. The Morgan fingerprint density at radius 3 is 2.62 bits per heavy atom. The maximum atomic E-state index is 12.0. The summed E-state index contributed by atoms with van der Waals surface area (Å²) in [4.78, 5) is 35.7. The van der Waals surface area contributed by atoms with Crippen LogP contribution in [0.4, 0.5) is 4.79 Å². The molecule has 0 radical (unpaired) electrons. The highest BCUT2D eigenvalue weighted by molar-refractivity contribution is 5.78. The van der Waals surface area contributed by atoms with E-state index in [1.807, 2.05) is 13.8 Å². The normalized spacial score (nSPS) is 22.7. The summed E-state index contributed by atoms with van der Waals surface area (Å²) < 4.78 is 4.73. The lowest BCUT2D eigenvalue weighted by molar-refractivity contribution is -0.146. The lowest BCUT2D eigenvalue weighted by atomic mass is 9.99. The molecule has 0 aromatic heterocycles. The van der Waals surface area contributed by atoms with Crippen molar-refractivity contribution in [3.05, 3.63) is 0 Å². The molecule has 120 valence electrons. The van der Waals surface area contributed by atoms with Crippen LogP contribution in [-0.2, 0) is 14.3 Å². The van der Waals surface area contributed by atoms with Gasteiger partial charge in [-0.15, -0.1) is 0 Å². The molecule has 0 aromatic carbocycles. The van der Waals surface area contributed by atoms with Gasteiger partial charge in [0, 0.05) is 26.1 Å². The van der Waals surface area contributed by atoms with Gasteiger partial charge in [-0.1, -0.05) is 13.8 Å². The number of likely N-dealkylation sites (tertiary alicyclic amines) is 1. The molecule has 0 bridgehead atoms. The number of hydrogen-bond acceptors (Lipinski definition) is 4. The molecule has 0 aliphatic carbocycles. The number of carbonyl (C=O) groups excluding carboxylic acids is 2. The molecule has 0 aromatic rings. The molecule has 7 nitrogen and oxygen atoms in total. The van der Waals surface area contributed by atoms with Crippen molar-refractivity contribution in [3.63, 3.8) is 0 Å². The van der Waals surface area contributed by atoms with Crippen LogP contribution in [0.2, 0.25) is 0 Å². The Labute approximate surface area is 124 Å². The van der Waals surface area contributed by atoms with Crippen molar-refractivity contribution in [1.29, 1.82) is 0 Å². The molecule has 7 heteroatoms. The molecule has 21 heavy (non-hydrogen) atoms. The summed E-state index contributed by atoms with van der Waals surface area (Å²) in [5.41, 5.74) is 0. The Morgan fingerprint density at radius 1 is 1.38 bits per heavy atom. The molecule has 1 heterocycles. The minimum atomic E-state index is -0.831. The summed E-state index contributed by atoms with van der Waals surface area (Å²) in [7, 11) is 1.35. The van der Waals surface area contributed by atoms with Gasteiger partial charge in [0.25, 0.3) is 0 Å². The van der Waals surface area contributed by atoms with Gasteiger partial charge in [0.2, 0.25) is 0 Å². The minimum Gasteiger partial charge on any atom is -0.481 e. The van der Waals surface area contributed by atoms with Crippen molar-refractivity contribution >= 4 is 18.0 Å². The van der Waals surface area contributed by atoms with Gasteiger partial charge in [-0.2, -0.15) is 0 Å². The number of amides is 2. The van der Waals surface area contributed by atoms with Crippen LogP contribution in [0.1, 0.15) is 26.7 Å². The molecule has 2 N–H and O–H groups in total. The van der Waals surface area contributed by atoms with Crippen molar-refractivity contribution in [3.8, 4) is 0 Å². The second-order valence-corrected chi connectivity index (χ2v) is 5.74. The van der Waals surface area contributed by atoms with E-state index in [0.717, 1.165) is 0 Å². The summed E-state index contributed by atoms with van der Waals surface area (Å²) in [6.45, 7) is 5.13. The standard InChI is InChI=1S/C14H24N2O5/c1-9(4-5-12(17)18)6-15-14(20)16-7-10(2)11(8-16)13(19)21-3/h9-11H,4-8H2,1-3H3,(H,15,20)(H,17,18). The molecule has 1 fully saturated rings. The number of nitrogens with zero attached hydrogens (tertiary/aromatic N) is 1. The molecule has 3 atom stereocenters. The second kappa shape index (κ2) is 7.85. The number of hydrogen-bond donors (Lipinski definition) is 2.